The normalized spacial score (nSPS) is 12.6. The maximum Gasteiger partial charge on any atom is 0.191 e. The van der Waals surface area contributed by atoms with Gasteiger partial charge in [-0.05, 0) is 25.1 Å². The highest BCUT2D eigenvalue weighted by molar-refractivity contribution is 5.99. The Morgan fingerprint density at radius 3 is 2.50 bits per heavy atom. The number of carbonyl (C=O) groups is 1. The Morgan fingerprint density at radius 2 is 2.00 bits per heavy atom. The Hall–Kier alpha value is -1.29. The van der Waals surface area contributed by atoms with E-state index in [2.05, 4.69) is 0 Å². The second-order valence-electron chi connectivity index (χ2n) is 2.87. The van der Waals surface area contributed by atoms with E-state index in [0.717, 1.165) is 12.1 Å². The molecule has 14 heavy (non-hydrogen) atoms. The molecule has 0 heterocycles. The fourth-order valence-corrected chi connectivity index (χ4v) is 0.991. The zero-order valence-corrected chi connectivity index (χ0v) is 7.88. The van der Waals surface area contributed by atoms with E-state index in [9.17, 15) is 13.6 Å². The molecule has 1 unspecified atom stereocenters. The Labute approximate surface area is 80.5 Å². The van der Waals surface area contributed by atoms with E-state index in [1.165, 1.54) is 13.2 Å². The summed E-state index contributed by atoms with van der Waals surface area (Å²) >= 11 is 0. The number of rotatable bonds is 3. The Morgan fingerprint density at radius 1 is 1.36 bits per heavy atom. The Balaban J connectivity index is 2.97. The summed E-state index contributed by atoms with van der Waals surface area (Å²) < 4.78 is 30.0. The summed E-state index contributed by atoms with van der Waals surface area (Å²) in [4.78, 5) is 11.4. The highest BCUT2D eigenvalue weighted by Gasteiger charge is 2.15. The lowest BCUT2D eigenvalue weighted by molar-refractivity contribution is 0.0655. The number of halogens is 2. The first-order chi connectivity index (χ1) is 6.56. The van der Waals surface area contributed by atoms with Gasteiger partial charge in [-0.1, -0.05) is 0 Å². The molecule has 0 radical (unpaired) electrons. The topological polar surface area (TPSA) is 26.3 Å². The molecule has 1 aromatic rings. The van der Waals surface area contributed by atoms with Crippen LogP contribution >= 0.6 is 0 Å². The van der Waals surface area contributed by atoms with E-state index in [-0.39, 0.29) is 11.3 Å². The summed E-state index contributed by atoms with van der Waals surface area (Å²) in [5.74, 6) is -2.36. The fraction of sp³-hybridized carbons (Fsp3) is 0.300. The number of methoxy groups -OCH3 is 1. The maximum absolute atomic E-state index is 12.7. The Kier molecular flexibility index (Phi) is 3.30. The number of ether oxygens (including phenoxy) is 1. The van der Waals surface area contributed by atoms with Crippen LogP contribution in [0.1, 0.15) is 17.3 Å². The van der Waals surface area contributed by atoms with Gasteiger partial charge in [-0.3, -0.25) is 4.79 Å². The van der Waals surface area contributed by atoms with Crippen molar-refractivity contribution in [2.24, 2.45) is 0 Å². The molecule has 0 aliphatic carbocycles. The largest absolute Gasteiger partial charge is 0.374 e. The van der Waals surface area contributed by atoms with Gasteiger partial charge < -0.3 is 4.74 Å². The average Bonchev–Trinajstić information content (AvgIpc) is 2.20. The van der Waals surface area contributed by atoms with Crippen molar-refractivity contribution < 1.29 is 18.3 Å². The molecule has 0 bridgehead atoms. The van der Waals surface area contributed by atoms with Crippen molar-refractivity contribution in [3.8, 4) is 0 Å². The van der Waals surface area contributed by atoms with Gasteiger partial charge in [-0.2, -0.15) is 0 Å². The molecule has 0 aromatic heterocycles. The van der Waals surface area contributed by atoms with Crippen LogP contribution in [0.2, 0.25) is 0 Å². The second-order valence-corrected chi connectivity index (χ2v) is 2.87. The zero-order valence-electron chi connectivity index (χ0n) is 7.88. The van der Waals surface area contributed by atoms with Gasteiger partial charge in [0.15, 0.2) is 17.4 Å². The average molecular weight is 200 g/mol. The number of Topliss-reactive ketones (excluding diaryl/α,β-unsaturated/α-hetero) is 1. The zero-order chi connectivity index (χ0) is 10.7. The Bertz CT molecular complexity index is 350. The summed E-state index contributed by atoms with van der Waals surface area (Å²) in [6, 6.07) is 3.02. The van der Waals surface area contributed by atoms with Crippen LogP contribution < -0.4 is 0 Å². The third kappa shape index (κ3) is 2.14. The molecule has 0 saturated heterocycles. The molecular formula is C10H10F2O2. The third-order valence-corrected chi connectivity index (χ3v) is 1.93. The summed E-state index contributed by atoms with van der Waals surface area (Å²) in [7, 11) is 1.38. The molecule has 4 heteroatoms. The second kappa shape index (κ2) is 4.28. The van der Waals surface area contributed by atoms with E-state index in [0.29, 0.717) is 0 Å². The van der Waals surface area contributed by atoms with Crippen LogP contribution in [-0.4, -0.2) is 19.0 Å². The van der Waals surface area contributed by atoms with Crippen LogP contribution in [0.5, 0.6) is 0 Å². The van der Waals surface area contributed by atoms with Crippen molar-refractivity contribution in [1.82, 2.24) is 0 Å². The van der Waals surface area contributed by atoms with Crippen LogP contribution in [0, 0.1) is 11.6 Å². The van der Waals surface area contributed by atoms with E-state index in [1.807, 2.05) is 0 Å². The minimum Gasteiger partial charge on any atom is -0.374 e. The molecule has 0 aliphatic rings. The summed E-state index contributed by atoms with van der Waals surface area (Å²) in [6.07, 6.45) is -0.653. The molecule has 0 N–H and O–H groups in total. The molecule has 1 aromatic carbocycles. The SMILES string of the molecule is COC(C)C(=O)c1ccc(F)c(F)c1. The van der Waals surface area contributed by atoms with E-state index >= 15 is 0 Å². The third-order valence-electron chi connectivity index (χ3n) is 1.93. The van der Waals surface area contributed by atoms with Gasteiger partial charge in [-0.25, -0.2) is 8.78 Å². The van der Waals surface area contributed by atoms with Crippen LogP contribution in [0.4, 0.5) is 8.78 Å². The number of benzene rings is 1. The van der Waals surface area contributed by atoms with Crippen molar-refractivity contribution in [2.75, 3.05) is 7.11 Å². The minimum atomic E-state index is -1.03. The van der Waals surface area contributed by atoms with Gasteiger partial charge in [0.2, 0.25) is 0 Å². The molecule has 0 amide bonds. The number of carbonyl (C=O) groups excluding carboxylic acids is 1. The van der Waals surface area contributed by atoms with Crippen molar-refractivity contribution >= 4 is 5.78 Å². The highest BCUT2D eigenvalue weighted by Crippen LogP contribution is 2.11. The predicted octanol–water partition coefficient (Wildman–Crippen LogP) is 2.18. The van der Waals surface area contributed by atoms with E-state index in [4.69, 9.17) is 4.74 Å². The molecule has 0 aliphatic heterocycles. The molecule has 1 atom stereocenters. The molecule has 1 rings (SSSR count). The van der Waals surface area contributed by atoms with Crippen LogP contribution in [0.25, 0.3) is 0 Å². The minimum absolute atomic E-state index is 0.109. The van der Waals surface area contributed by atoms with Crippen LogP contribution in [0.3, 0.4) is 0 Å². The lowest BCUT2D eigenvalue weighted by atomic mass is 10.1. The van der Waals surface area contributed by atoms with Gasteiger partial charge >= 0.3 is 0 Å². The lowest BCUT2D eigenvalue weighted by Gasteiger charge is -2.07. The van der Waals surface area contributed by atoms with E-state index in [1.54, 1.807) is 6.92 Å². The molecule has 0 saturated carbocycles. The standard InChI is InChI=1S/C10H10F2O2/c1-6(14-2)10(13)7-3-4-8(11)9(12)5-7/h3-6H,1-2H3. The summed E-state index contributed by atoms with van der Waals surface area (Å²) in [6.45, 7) is 1.55. The first kappa shape index (κ1) is 10.8. The van der Waals surface area contributed by atoms with Gasteiger partial charge in [0.05, 0.1) is 0 Å². The molecule has 2 nitrogen and oxygen atoms in total. The lowest BCUT2D eigenvalue weighted by Crippen LogP contribution is -2.19. The van der Waals surface area contributed by atoms with E-state index < -0.39 is 17.7 Å². The van der Waals surface area contributed by atoms with Crippen molar-refractivity contribution in [2.45, 2.75) is 13.0 Å². The maximum atomic E-state index is 12.7. The fourth-order valence-electron chi connectivity index (χ4n) is 0.991. The summed E-state index contributed by atoms with van der Waals surface area (Å²) in [5.41, 5.74) is 0.109. The van der Waals surface area contributed by atoms with Crippen molar-refractivity contribution in [1.29, 1.82) is 0 Å². The molecular weight excluding hydrogens is 190 g/mol. The first-order valence-electron chi connectivity index (χ1n) is 4.08. The monoisotopic (exact) mass is 200 g/mol. The number of hydrogen-bond acceptors (Lipinski definition) is 2. The van der Waals surface area contributed by atoms with Gasteiger partial charge in [0, 0.05) is 12.7 Å². The number of ketones is 1. The van der Waals surface area contributed by atoms with Gasteiger partial charge in [-0.15, -0.1) is 0 Å². The van der Waals surface area contributed by atoms with Crippen LogP contribution in [0.15, 0.2) is 18.2 Å². The smallest absolute Gasteiger partial charge is 0.191 e. The van der Waals surface area contributed by atoms with Gasteiger partial charge in [0.1, 0.15) is 6.10 Å². The van der Waals surface area contributed by atoms with Crippen molar-refractivity contribution in [3.63, 3.8) is 0 Å². The predicted molar refractivity (Wildman–Crippen MR) is 47.2 cm³/mol. The van der Waals surface area contributed by atoms with Crippen molar-refractivity contribution in [3.05, 3.63) is 35.4 Å². The first-order valence-corrected chi connectivity index (χ1v) is 4.08. The molecule has 76 valence electrons. The number of hydrogen-bond donors (Lipinski definition) is 0. The van der Waals surface area contributed by atoms with Crippen LogP contribution in [-0.2, 0) is 4.74 Å². The highest BCUT2D eigenvalue weighted by atomic mass is 19.2. The van der Waals surface area contributed by atoms with Gasteiger partial charge in [0.25, 0.3) is 0 Å². The molecule has 0 spiro atoms. The quantitative estimate of drug-likeness (QED) is 0.699. The molecule has 0 fully saturated rings. The summed E-state index contributed by atoms with van der Waals surface area (Å²) in [5, 5.41) is 0.